The van der Waals surface area contributed by atoms with Gasteiger partial charge in [-0.3, -0.25) is 0 Å². The predicted octanol–water partition coefficient (Wildman–Crippen LogP) is 25.0. The molecule has 0 atom stereocenters. The van der Waals surface area contributed by atoms with Crippen LogP contribution in [0.15, 0.2) is 315 Å². The van der Waals surface area contributed by atoms with E-state index >= 15 is 0 Å². The van der Waals surface area contributed by atoms with Crippen molar-refractivity contribution in [1.82, 2.24) is 29.9 Å². The van der Waals surface area contributed by atoms with Gasteiger partial charge in [0.05, 0.1) is 5.58 Å². The van der Waals surface area contributed by atoms with Crippen molar-refractivity contribution >= 4 is 53.4 Å². The summed E-state index contributed by atoms with van der Waals surface area (Å²) in [5.41, 5.74) is 22.8. The Balaban J connectivity index is 0.000000149. The molecule has 0 aliphatic rings. The fourth-order valence-electron chi connectivity index (χ4n) is 11.5. The Labute approximate surface area is 674 Å². The first kappa shape index (κ1) is 80.9. The number of nitrogens with zero attached hydrogens (tertiary/aromatic N) is 6. The van der Waals surface area contributed by atoms with Gasteiger partial charge in [-0.15, -0.1) is 191 Å². The van der Waals surface area contributed by atoms with Crippen LogP contribution in [0, 0.1) is 62.6 Å². The van der Waals surface area contributed by atoms with Crippen molar-refractivity contribution in [3.05, 3.63) is 374 Å². The third-order valence-electron chi connectivity index (χ3n) is 16.9. The van der Waals surface area contributed by atoms with Crippen LogP contribution in [0.4, 0.5) is 0 Å². The van der Waals surface area contributed by atoms with E-state index in [0.29, 0.717) is 5.41 Å². The summed E-state index contributed by atoms with van der Waals surface area (Å²) in [5, 5.41) is 4.84. The van der Waals surface area contributed by atoms with E-state index in [0.717, 1.165) is 95.9 Å². The van der Waals surface area contributed by atoms with E-state index in [1.807, 2.05) is 208 Å². The molecule has 0 N–H and O–H groups in total. The monoisotopic (exact) mass is 1940 g/mol. The summed E-state index contributed by atoms with van der Waals surface area (Å²) in [6.45, 7) is 19.5. The Hall–Kier alpha value is -10.2. The molecule has 8 aromatic heterocycles. The van der Waals surface area contributed by atoms with Crippen molar-refractivity contribution in [1.29, 1.82) is 0 Å². The van der Waals surface area contributed by atoms with Crippen molar-refractivity contribution in [3.63, 3.8) is 0 Å². The second kappa shape index (κ2) is 38.9. The molecule has 0 aliphatic carbocycles. The number of para-hydroxylation sites is 1. The number of aryl methyl sites for hydroxylation is 3. The minimum atomic E-state index is 0. The molecule has 0 fully saturated rings. The first-order valence-electron chi connectivity index (χ1n) is 34.8. The van der Waals surface area contributed by atoms with E-state index in [2.05, 4.69) is 242 Å². The van der Waals surface area contributed by atoms with Crippen molar-refractivity contribution in [2.24, 2.45) is 5.41 Å². The number of fused-ring (bicyclic) bond motifs is 6. The summed E-state index contributed by atoms with van der Waals surface area (Å²) in [7, 11) is 0. The molecule has 107 heavy (non-hydrogen) atoms. The normalized spacial score (nSPS) is 10.7. The van der Waals surface area contributed by atoms with Gasteiger partial charge < -0.3 is 34.3 Å². The van der Waals surface area contributed by atoms with Gasteiger partial charge in [0.15, 0.2) is 0 Å². The van der Waals surface area contributed by atoms with Crippen molar-refractivity contribution in [2.75, 3.05) is 0 Å². The SMILES string of the molecule is CC(C)(C)Cc1ccc(-c2[c-]cccc2)nc1.CC(C)(C)c1ccnc(-c2[c-]ccc(-c3ccccc3)c2)c1.Cc1ccc(-c2[c-]cccc2)nc1.Cc1ccc(-c2[c-]cccc2)nc1.Cc1ccnc(-c2[c-]cc3oc4ccccc4c3c2)c1.[Ir].[Ir].[Ir].[c-]1cc2sc3ccccc3c2cc1-c1ccccn1. The quantitative estimate of drug-likeness (QED) is 0.140. The third-order valence-corrected chi connectivity index (χ3v) is 18.0. The number of thiophene rings is 1. The van der Waals surface area contributed by atoms with Gasteiger partial charge in [0.25, 0.3) is 0 Å². The molecular weight excluding hydrogens is 1860 g/mol. The van der Waals surface area contributed by atoms with E-state index in [-0.39, 0.29) is 65.7 Å². The summed E-state index contributed by atoms with van der Waals surface area (Å²) in [4.78, 5) is 26.5. The van der Waals surface area contributed by atoms with Crippen molar-refractivity contribution in [2.45, 2.75) is 74.1 Å². The van der Waals surface area contributed by atoms with Crippen molar-refractivity contribution in [3.8, 4) is 78.7 Å². The summed E-state index contributed by atoms with van der Waals surface area (Å²) in [6, 6.07) is 111. The molecule has 11 heteroatoms. The van der Waals surface area contributed by atoms with Gasteiger partial charge in [-0.2, -0.15) is 11.3 Å². The number of aromatic nitrogens is 6. The first-order valence-corrected chi connectivity index (χ1v) is 35.6. The molecule has 17 rings (SSSR count). The number of benzene rings is 9. The zero-order valence-electron chi connectivity index (χ0n) is 61.2. The van der Waals surface area contributed by atoms with E-state index in [1.54, 1.807) is 0 Å². The summed E-state index contributed by atoms with van der Waals surface area (Å²) in [5.74, 6) is 0. The van der Waals surface area contributed by atoms with Gasteiger partial charge in [-0.1, -0.05) is 185 Å². The average molecular weight is 1940 g/mol. The molecule has 0 bridgehead atoms. The second-order valence-corrected chi connectivity index (χ2v) is 28.6. The van der Waals surface area contributed by atoms with Crippen LogP contribution < -0.4 is 0 Å². The van der Waals surface area contributed by atoms with Crippen LogP contribution in [0.1, 0.15) is 69.4 Å². The molecule has 7 nitrogen and oxygen atoms in total. The summed E-state index contributed by atoms with van der Waals surface area (Å²) >= 11 is 1.81. The van der Waals surface area contributed by atoms with Crippen LogP contribution in [-0.2, 0) is 72.2 Å². The Bertz CT molecular complexity index is 5480. The maximum atomic E-state index is 5.82. The van der Waals surface area contributed by atoms with Gasteiger partial charge in [-0.05, 0) is 140 Å². The molecule has 0 amide bonds. The van der Waals surface area contributed by atoms with Crippen LogP contribution in [0.2, 0.25) is 0 Å². The minimum Gasteiger partial charge on any atom is -0.500 e. The van der Waals surface area contributed by atoms with Gasteiger partial charge in [0, 0.05) is 108 Å². The molecule has 0 unspecified atom stereocenters. The smallest absolute Gasteiger partial charge is 0.120 e. The second-order valence-electron chi connectivity index (χ2n) is 27.5. The van der Waals surface area contributed by atoms with Crippen LogP contribution in [0.3, 0.4) is 0 Å². The molecule has 3 radical (unpaired) electrons. The zero-order valence-corrected chi connectivity index (χ0v) is 69.2. The van der Waals surface area contributed by atoms with Crippen LogP contribution >= 0.6 is 11.3 Å². The predicted molar refractivity (Wildman–Crippen MR) is 433 cm³/mol. The molecule has 0 aliphatic heterocycles. The molecule has 0 saturated carbocycles. The summed E-state index contributed by atoms with van der Waals surface area (Å²) in [6.07, 6.45) is 12.3. The summed E-state index contributed by atoms with van der Waals surface area (Å²) < 4.78 is 8.42. The first-order chi connectivity index (χ1) is 50.5. The van der Waals surface area contributed by atoms with Crippen LogP contribution in [0.5, 0.6) is 0 Å². The van der Waals surface area contributed by atoms with Gasteiger partial charge in [0.2, 0.25) is 0 Å². The zero-order chi connectivity index (χ0) is 72.3. The molecule has 0 spiro atoms. The number of furan rings is 1. The fourth-order valence-corrected chi connectivity index (χ4v) is 12.6. The molecular formula is C96H80Ir3N6OS-6. The maximum Gasteiger partial charge on any atom is 0.120 e. The van der Waals surface area contributed by atoms with Gasteiger partial charge >= 0.3 is 0 Å². The van der Waals surface area contributed by atoms with E-state index in [9.17, 15) is 0 Å². The average Bonchev–Trinajstić information content (AvgIpc) is 1.62. The molecule has 9 aromatic carbocycles. The van der Waals surface area contributed by atoms with Gasteiger partial charge in [0.1, 0.15) is 5.58 Å². The maximum absolute atomic E-state index is 5.82. The standard InChI is InChI=1S/C21H20N.C18H12NO.C17H10NS.C16H18N.2C12H10N.3Ir/c1-21(2,3)19-12-13-22-20(15-19)18-11-7-10-17(14-18)16-8-5-4-6-9-16;1-12-8-9-19-16(10-12)13-6-7-18-15(11-13)14-4-2-3-5-17(14)20-18;1-2-7-16-13(5-1)14-11-12(8-9-17(14)19-16)15-6-3-4-10-18-15;1-16(2,3)11-13-9-10-15(17-12-13)14-7-5-4-6-8-14;2*1-10-7-8-12(13-9-10)11-5-3-2-4-6-11;;;/h4-10,12-15H,1-3H3;2-5,7-11H,1H3;1-7,9-11H;4-7,9-10,12H,11H2,1-3H3;2*2-5,7-9H,1H3;;;/q6*-1;;;. The third kappa shape index (κ3) is 22.7. The van der Waals surface area contributed by atoms with E-state index in [4.69, 9.17) is 4.42 Å². The topological polar surface area (TPSA) is 90.5 Å². The molecule has 539 valence electrons. The van der Waals surface area contributed by atoms with E-state index in [1.165, 1.54) is 59.1 Å². The Morgan fingerprint density at radius 3 is 1.41 bits per heavy atom. The van der Waals surface area contributed by atoms with Crippen molar-refractivity contribution < 1.29 is 64.7 Å². The number of hydrogen-bond donors (Lipinski definition) is 0. The van der Waals surface area contributed by atoms with Crippen LogP contribution in [0.25, 0.3) is 121 Å². The molecule has 8 heterocycles. The van der Waals surface area contributed by atoms with E-state index < -0.39 is 0 Å². The number of pyridine rings is 6. The Kier molecular flexibility index (Phi) is 29.4. The van der Waals surface area contributed by atoms with Crippen LogP contribution in [-0.4, -0.2) is 29.9 Å². The Morgan fingerprint density at radius 1 is 0.327 bits per heavy atom. The molecule has 0 saturated heterocycles. The number of rotatable bonds is 8. The number of hydrogen-bond acceptors (Lipinski definition) is 8. The van der Waals surface area contributed by atoms with Gasteiger partial charge in [-0.25, -0.2) is 0 Å². The fraction of sp³-hybridized carbons (Fsp3) is 0.125. The largest absolute Gasteiger partial charge is 0.500 e. The Morgan fingerprint density at radius 2 is 0.841 bits per heavy atom. The molecule has 17 aromatic rings. The minimum absolute atomic E-state index is 0.